The largest absolute Gasteiger partial charge is 0.370 e. The first kappa shape index (κ1) is 18.4. The number of hydrogen-bond acceptors (Lipinski definition) is 3. The second kappa shape index (κ2) is 8.85. The number of carbonyl (C=O) groups excluding carboxylic acids is 1. The van der Waals surface area contributed by atoms with Crippen molar-refractivity contribution in [1.29, 1.82) is 0 Å². The second-order valence-corrected chi connectivity index (χ2v) is 7.12. The van der Waals surface area contributed by atoms with E-state index in [0.29, 0.717) is 19.6 Å². The Bertz CT molecular complexity index is 906. The summed E-state index contributed by atoms with van der Waals surface area (Å²) < 4.78 is 7.86. The number of aromatic nitrogens is 2. The molecule has 2 aromatic carbocycles. The molecule has 0 spiro atoms. The number of aryl methyl sites for hydroxylation is 1. The molecule has 0 saturated carbocycles. The van der Waals surface area contributed by atoms with Crippen molar-refractivity contribution in [2.75, 3.05) is 13.2 Å². The lowest BCUT2D eigenvalue weighted by Crippen LogP contribution is -2.32. The van der Waals surface area contributed by atoms with Crippen LogP contribution in [-0.2, 0) is 28.9 Å². The molecule has 0 saturated heterocycles. The first-order valence-electron chi connectivity index (χ1n) is 9.80. The molecular formula is C23H25N3O2. The van der Waals surface area contributed by atoms with E-state index in [4.69, 9.17) is 9.84 Å². The zero-order chi connectivity index (χ0) is 19.2. The van der Waals surface area contributed by atoms with Crippen molar-refractivity contribution >= 4 is 5.91 Å². The molecule has 1 aliphatic rings. The summed E-state index contributed by atoms with van der Waals surface area (Å²) in [5, 5.41) is 7.75. The summed E-state index contributed by atoms with van der Waals surface area (Å²) in [6, 6.07) is 20.4. The molecule has 2 heterocycles. The monoisotopic (exact) mass is 375 g/mol. The third kappa shape index (κ3) is 4.67. The molecule has 0 fully saturated rings. The van der Waals surface area contributed by atoms with Gasteiger partial charge in [-0.05, 0) is 29.5 Å². The number of nitrogens with one attached hydrogen (secondary N) is 1. The molecule has 144 valence electrons. The standard InChI is InChI=1S/C23H25N3O2/c27-22(12-11-18-7-3-1-4-8-18)24-15-21-23-20(13-14-28-21)17-26(25-23)16-19-9-5-2-6-10-19/h1-10,17,21H,11-16H2,(H,24,27)/t21-/m1/s1. The first-order chi connectivity index (χ1) is 13.8. The van der Waals surface area contributed by atoms with Gasteiger partial charge in [0.2, 0.25) is 5.91 Å². The van der Waals surface area contributed by atoms with E-state index < -0.39 is 0 Å². The zero-order valence-electron chi connectivity index (χ0n) is 15.9. The van der Waals surface area contributed by atoms with E-state index in [2.05, 4.69) is 23.6 Å². The van der Waals surface area contributed by atoms with Crippen LogP contribution >= 0.6 is 0 Å². The maximum absolute atomic E-state index is 12.2. The van der Waals surface area contributed by atoms with Crippen LogP contribution in [0.15, 0.2) is 66.9 Å². The normalized spacial score (nSPS) is 15.8. The number of benzene rings is 2. The lowest BCUT2D eigenvalue weighted by atomic mass is 10.1. The molecule has 5 nitrogen and oxygen atoms in total. The number of nitrogens with zero attached hydrogens (tertiary/aromatic N) is 2. The number of ether oxygens (including phenoxy) is 1. The highest BCUT2D eigenvalue weighted by Gasteiger charge is 2.25. The van der Waals surface area contributed by atoms with Gasteiger partial charge in [0.05, 0.1) is 18.8 Å². The number of amides is 1. The number of carbonyl (C=O) groups is 1. The van der Waals surface area contributed by atoms with Crippen LogP contribution in [0.3, 0.4) is 0 Å². The van der Waals surface area contributed by atoms with Crippen LogP contribution < -0.4 is 5.32 Å². The molecule has 5 heteroatoms. The lowest BCUT2D eigenvalue weighted by Gasteiger charge is -2.22. The summed E-state index contributed by atoms with van der Waals surface area (Å²) in [7, 11) is 0. The summed E-state index contributed by atoms with van der Waals surface area (Å²) in [4.78, 5) is 12.2. The third-order valence-corrected chi connectivity index (χ3v) is 5.02. The molecule has 1 N–H and O–H groups in total. The van der Waals surface area contributed by atoms with Crippen LogP contribution in [0.2, 0.25) is 0 Å². The fraction of sp³-hybridized carbons (Fsp3) is 0.304. The lowest BCUT2D eigenvalue weighted by molar-refractivity contribution is -0.121. The smallest absolute Gasteiger partial charge is 0.220 e. The zero-order valence-corrected chi connectivity index (χ0v) is 15.9. The van der Waals surface area contributed by atoms with Gasteiger partial charge in [0.15, 0.2) is 0 Å². The minimum atomic E-state index is -0.179. The molecule has 3 aromatic rings. The molecule has 4 rings (SSSR count). The maximum atomic E-state index is 12.2. The molecule has 1 aromatic heterocycles. The minimum absolute atomic E-state index is 0.0447. The maximum Gasteiger partial charge on any atom is 0.220 e. The van der Waals surface area contributed by atoms with Crippen molar-refractivity contribution in [3.63, 3.8) is 0 Å². The van der Waals surface area contributed by atoms with E-state index in [9.17, 15) is 4.79 Å². The summed E-state index contributed by atoms with van der Waals surface area (Å²) in [5.41, 5.74) is 4.55. The Hall–Kier alpha value is -2.92. The van der Waals surface area contributed by atoms with Gasteiger partial charge in [-0.15, -0.1) is 0 Å². The summed E-state index contributed by atoms with van der Waals surface area (Å²) in [6.45, 7) is 1.86. The van der Waals surface area contributed by atoms with Gasteiger partial charge in [0.25, 0.3) is 0 Å². The van der Waals surface area contributed by atoms with Crippen LogP contribution in [0.25, 0.3) is 0 Å². The minimum Gasteiger partial charge on any atom is -0.370 e. The van der Waals surface area contributed by atoms with Gasteiger partial charge in [-0.1, -0.05) is 60.7 Å². The highest BCUT2D eigenvalue weighted by molar-refractivity contribution is 5.76. The van der Waals surface area contributed by atoms with Crippen LogP contribution in [0.4, 0.5) is 0 Å². The van der Waals surface area contributed by atoms with Crippen LogP contribution in [-0.4, -0.2) is 28.8 Å². The van der Waals surface area contributed by atoms with Crippen molar-refractivity contribution in [1.82, 2.24) is 15.1 Å². The van der Waals surface area contributed by atoms with Gasteiger partial charge in [0, 0.05) is 19.2 Å². The van der Waals surface area contributed by atoms with Crippen LogP contribution in [0.5, 0.6) is 0 Å². The Morgan fingerprint density at radius 3 is 2.54 bits per heavy atom. The van der Waals surface area contributed by atoms with Crippen molar-refractivity contribution in [2.45, 2.75) is 31.9 Å². The van der Waals surface area contributed by atoms with Gasteiger partial charge >= 0.3 is 0 Å². The molecule has 28 heavy (non-hydrogen) atoms. The Morgan fingerprint density at radius 1 is 1.07 bits per heavy atom. The predicted molar refractivity (Wildman–Crippen MR) is 108 cm³/mol. The Kier molecular flexibility index (Phi) is 5.83. The number of rotatable bonds is 7. The molecule has 1 atom stereocenters. The quantitative estimate of drug-likeness (QED) is 0.689. The predicted octanol–water partition coefficient (Wildman–Crippen LogP) is 3.29. The molecule has 0 radical (unpaired) electrons. The molecule has 0 unspecified atom stereocenters. The molecule has 0 bridgehead atoms. The van der Waals surface area contributed by atoms with E-state index in [0.717, 1.165) is 25.1 Å². The van der Waals surface area contributed by atoms with Crippen molar-refractivity contribution < 1.29 is 9.53 Å². The fourth-order valence-electron chi connectivity index (χ4n) is 3.54. The Labute approximate surface area is 165 Å². The Morgan fingerprint density at radius 2 is 1.79 bits per heavy atom. The number of hydrogen-bond donors (Lipinski definition) is 1. The molecule has 1 amide bonds. The van der Waals surface area contributed by atoms with Gasteiger partial charge in [-0.3, -0.25) is 9.48 Å². The average Bonchev–Trinajstić information content (AvgIpc) is 3.15. The van der Waals surface area contributed by atoms with Crippen molar-refractivity contribution in [3.8, 4) is 0 Å². The summed E-state index contributed by atoms with van der Waals surface area (Å²) in [5.74, 6) is 0.0447. The van der Waals surface area contributed by atoms with Crippen LogP contribution in [0, 0.1) is 0 Å². The highest BCUT2D eigenvalue weighted by atomic mass is 16.5. The average molecular weight is 375 g/mol. The van der Waals surface area contributed by atoms with Crippen molar-refractivity contribution in [2.24, 2.45) is 0 Å². The Balaban J connectivity index is 1.33. The fourth-order valence-corrected chi connectivity index (χ4v) is 3.54. The summed E-state index contributed by atoms with van der Waals surface area (Å²) >= 11 is 0. The van der Waals surface area contributed by atoms with Crippen molar-refractivity contribution in [3.05, 3.63) is 89.2 Å². The van der Waals surface area contributed by atoms with Gasteiger partial charge < -0.3 is 10.1 Å². The van der Waals surface area contributed by atoms with E-state index in [1.54, 1.807) is 0 Å². The second-order valence-electron chi connectivity index (χ2n) is 7.12. The topological polar surface area (TPSA) is 56.1 Å². The molecule has 0 aliphatic carbocycles. The van der Waals surface area contributed by atoms with E-state index in [-0.39, 0.29) is 12.0 Å². The van der Waals surface area contributed by atoms with Gasteiger partial charge in [-0.25, -0.2) is 0 Å². The summed E-state index contributed by atoms with van der Waals surface area (Å²) in [6.07, 6.45) is 4.01. The SMILES string of the molecule is O=C(CCc1ccccc1)NC[C@H]1OCCc2cn(Cc3ccccc3)nc21. The van der Waals surface area contributed by atoms with Gasteiger partial charge in [0.1, 0.15) is 6.10 Å². The van der Waals surface area contributed by atoms with Gasteiger partial charge in [-0.2, -0.15) is 5.10 Å². The van der Waals surface area contributed by atoms with E-state index in [1.807, 2.05) is 53.2 Å². The molecule has 1 aliphatic heterocycles. The van der Waals surface area contributed by atoms with E-state index in [1.165, 1.54) is 16.7 Å². The van der Waals surface area contributed by atoms with Crippen LogP contribution in [0.1, 0.15) is 34.9 Å². The highest BCUT2D eigenvalue weighted by Crippen LogP contribution is 2.25. The third-order valence-electron chi connectivity index (χ3n) is 5.02. The van der Waals surface area contributed by atoms with E-state index >= 15 is 0 Å². The number of fused-ring (bicyclic) bond motifs is 1. The first-order valence-corrected chi connectivity index (χ1v) is 9.80. The molecular weight excluding hydrogens is 350 g/mol.